The number of amides is 2. The zero-order valence-electron chi connectivity index (χ0n) is 8.75. The third kappa shape index (κ3) is 13.0. The van der Waals surface area contributed by atoms with E-state index >= 15 is 0 Å². The lowest BCUT2D eigenvalue weighted by atomic mass is 10.3. The first kappa shape index (κ1) is 14.9. The zero-order valence-corrected chi connectivity index (χ0v) is 8.75. The van der Waals surface area contributed by atoms with Gasteiger partial charge in [0.05, 0.1) is 0 Å². The summed E-state index contributed by atoms with van der Waals surface area (Å²) in [5.41, 5.74) is 0. The molecule has 0 aromatic carbocycles. The first-order valence-electron chi connectivity index (χ1n) is 3.99. The van der Waals surface area contributed by atoms with Crippen LogP contribution in [0.4, 0.5) is 0 Å². The molecule has 0 saturated heterocycles. The molecule has 0 aromatic heterocycles. The normalized spacial score (nSPS) is 10.3. The van der Waals surface area contributed by atoms with Crippen LogP contribution in [0.25, 0.3) is 0 Å². The number of hydrogen-bond donors (Lipinski definition) is 3. The Labute approximate surface area is 82.7 Å². The van der Waals surface area contributed by atoms with Crippen LogP contribution in [0.2, 0.25) is 0 Å². The minimum absolute atomic E-state index is 0.00463. The Kier molecular flexibility index (Phi) is 8.55. The van der Waals surface area contributed by atoms with Crippen LogP contribution in [0.1, 0.15) is 20.8 Å². The summed E-state index contributed by atoms with van der Waals surface area (Å²) in [7, 11) is 1.60. The van der Waals surface area contributed by atoms with Crippen LogP contribution in [-0.4, -0.2) is 36.0 Å². The van der Waals surface area contributed by atoms with E-state index in [-0.39, 0.29) is 11.8 Å². The molecule has 0 bridgehead atoms. The zero-order chi connectivity index (χ0) is 11.7. The molecule has 1 unspecified atom stereocenters. The summed E-state index contributed by atoms with van der Waals surface area (Å²) in [4.78, 5) is 29.9. The number of nitrogens with one attached hydrogen (secondary N) is 2. The Morgan fingerprint density at radius 3 is 1.57 bits per heavy atom. The summed E-state index contributed by atoms with van der Waals surface area (Å²) in [6, 6.07) is -0.789. The summed E-state index contributed by atoms with van der Waals surface area (Å²) >= 11 is 0. The number of carbonyl (C=O) groups is 3. The Morgan fingerprint density at radius 1 is 1.14 bits per heavy atom. The summed E-state index contributed by atoms with van der Waals surface area (Å²) in [5.74, 6) is -1.35. The number of aliphatic carboxylic acids is 1. The molecular formula is C8H16N2O4. The monoisotopic (exact) mass is 204 g/mol. The Balaban J connectivity index is 0. The van der Waals surface area contributed by atoms with Gasteiger partial charge in [-0.1, -0.05) is 0 Å². The number of rotatable bonds is 2. The molecule has 0 saturated carbocycles. The van der Waals surface area contributed by atoms with Crippen LogP contribution < -0.4 is 10.6 Å². The van der Waals surface area contributed by atoms with E-state index in [1.54, 1.807) is 7.05 Å². The van der Waals surface area contributed by atoms with Gasteiger partial charge in [0.2, 0.25) is 11.8 Å². The number of carboxylic acid groups (broad SMARTS) is 1. The van der Waals surface area contributed by atoms with E-state index in [1.807, 2.05) is 0 Å². The van der Waals surface area contributed by atoms with Crippen molar-refractivity contribution in [1.29, 1.82) is 0 Å². The number of carboxylic acids is 1. The minimum atomic E-state index is -1.02. The highest BCUT2D eigenvalue weighted by atomic mass is 16.4. The third-order valence-corrected chi connectivity index (χ3v) is 1.14. The second kappa shape index (κ2) is 8.03. The predicted octanol–water partition coefficient (Wildman–Crippen LogP) is -0.652. The van der Waals surface area contributed by atoms with E-state index in [1.165, 1.54) is 20.8 Å². The quantitative estimate of drug-likeness (QED) is 0.557. The smallest absolute Gasteiger partial charge is 0.325 e. The van der Waals surface area contributed by atoms with Gasteiger partial charge in [0, 0.05) is 20.9 Å². The van der Waals surface area contributed by atoms with Crippen molar-refractivity contribution in [3.8, 4) is 0 Å². The minimum Gasteiger partial charge on any atom is -0.480 e. The first-order valence-corrected chi connectivity index (χ1v) is 3.99. The Morgan fingerprint density at radius 2 is 1.50 bits per heavy atom. The molecule has 82 valence electrons. The standard InChI is InChI=1S/C5H9NO3.C3H7NO/c1-3(5(8)9)6-4(2)7;1-3(5)4-2/h3H,1-2H3,(H,6,7)(H,8,9);1-2H3,(H,4,5). The van der Waals surface area contributed by atoms with Gasteiger partial charge >= 0.3 is 5.97 Å². The van der Waals surface area contributed by atoms with Gasteiger partial charge in [-0.2, -0.15) is 0 Å². The van der Waals surface area contributed by atoms with Crippen molar-refractivity contribution >= 4 is 17.8 Å². The van der Waals surface area contributed by atoms with Gasteiger partial charge in [-0.3, -0.25) is 14.4 Å². The van der Waals surface area contributed by atoms with Crippen LogP contribution >= 0.6 is 0 Å². The molecule has 0 radical (unpaired) electrons. The van der Waals surface area contributed by atoms with Crippen molar-refractivity contribution < 1.29 is 19.5 Å². The van der Waals surface area contributed by atoms with Crippen LogP contribution in [-0.2, 0) is 14.4 Å². The van der Waals surface area contributed by atoms with Crippen molar-refractivity contribution in [2.45, 2.75) is 26.8 Å². The van der Waals surface area contributed by atoms with Gasteiger partial charge in [0.25, 0.3) is 0 Å². The molecule has 1 atom stereocenters. The van der Waals surface area contributed by atoms with Crippen LogP contribution in [0.3, 0.4) is 0 Å². The van der Waals surface area contributed by atoms with Crippen molar-refractivity contribution in [3.63, 3.8) is 0 Å². The van der Waals surface area contributed by atoms with Crippen molar-refractivity contribution in [2.24, 2.45) is 0 Å². The van der Waals surface area contributed by atoms with E-state index in [2.05, 4.69) is 10.6 Å². The molecule has 3 N–H and O–H groups in total. The van der Waals surface area contributed by atoms with Crippen LogP contribution in [0.5, 0.6) is 0 Å². The van der Waals surface area contributed by atoms with Crippen molar-refractivity contribution in [1.82, 2.24) is 10.6 Å². The SMILES string of the molecule is CC(=O)NC(C)C(=O)O.CNC(C)=O. The molecule has 0 aliphatic rings. The molecule has 0 rings (SSSR count). The van der Waals surface area contributed by atoms with Gasteiger partial charge in [-0.25, -0.2) is 0 Å². The molecule has 2 amide bonds. The lowest BCUT2D eigenvalue weighted by Gasteiger charge is -2.04. The summed E-state index contributed by atoms with van der Waals surface area (Å²) < 4.78 is 0. The maximum absolute atomic E-state index is 10.2. The highest BCUT2D eigenvalue weighted by molar-refractivity contribution is 5.81. The molecule has 0 aliphatic carbocycles. The van der Waals surface area contributed by atoms with Crippen LogP contribution in [0.15, 0.2) is 0 Å². The Bertz CT molecular complexity index is 215. The lowest BCUT2D eigenvalue weighted by Crippen LogP contribution is -2.36. The van der Waals surface area contributed by atoms with E-state index in [4.69, 9.17) is 5.11 Å². The Hall–Kier alpha value is -1.59. The van der Waals surface area contributed by atoms with Gasteiger partial charge in [-0.05, 0) is 6.92 Å². The second-order valence-corrected chi connectivity index (χ2v) is 2.57. The molecule has 0 fully saturated rings. The molecule has 6 nitrogen and oxygen atoms in total. The van der Waals surface area contributed by atoms with Crippen LogP contribution in [0, 0.1) is 0 Å². The van der Waals surface area contributed by atoms with E-state index in [0.29, 0.717) is 0 Å². The number of hydrogen-bond acceptors (Lipinski definition) is 3. The van der Waals surface area contributed by atoms with Crippen molar-refractivity contribution in [3.05, 3.63) is 0 Å². The fourth-order valence-electron chi connectivity index (χ4n) is 0.367. The van der Waals surface area contributed by atoms with E-state index < -0.39 is 12.0 Å². The molecule has 6 heteroatoms. The molecule has 0 spiro atoms. The molecule has 0 heterocycles. The van der Waals surface area contributed by atoms with Crippen molar-refractivity contribution in [2.75, 3.05) is 7.05 Å². The average Bonchev–Trinajstić information content (AvgIpc) is 2.04. The fourth-order valence-corrected chi connectivity index (χ4v) is 0.367. The lowest BCUT2D eigenvalue weighted by molar-refractivity contribution is -0.141. The summed E-state index contributed by atoms with van der Waals surface area (Å²) in [5, 5.41) is 12.8. The summed E-state index contributed by atoms with van der Waals surface area (Å²) in [6.07, 6.45) is 0. The van der Waals surface area contributed by atoms with E-state index in [0.717, 1.165) is 0 Å². The molecule has 0 aliphatic heterocycles. The maximum Gasteiger partial charge on any atom is 0.325 e. The third-order valence-electron chi connectivity index (χ3n) is 1.14. The second-order valence-electron chi connectivity index (χ2n) is 2.57. The predicted molar refractivity (Wildman–Crippen MR) is 50.7 cm³/mol. The highest BCUT2D eigenvalue weighted by Crippen LogP contribution is 1.78. The molecule has 0 aromatic rings. The average molecular weight is 204 g/mol. The topological polar surface area (TPSA) is 95.5 Å². The van der Waals surface area contributed by atoms with E-state index in [9.17, 15) is 14.4 Å². The largest absolute Gasteiger partial charge is 0.480 e. The summed E-state index contributed by atoms with van der Waals surface area (Å²) in [6.45, 7) is 4.16. The molecular weight excluding hydrogens is 188 g/mol. The van der Waals surface area contributed by atoms with Gasteiger partial charge in [-0.15, -0.1) is 0 Å². The van der Waals surface area contributed by atoms with Gasteiger partial charge in [0.15, 0.2) is 0 Å². The van der Waals surface area contributed by atoms with Gasteiger partial charge in [0.1, 0.15) is 6.04 Å². The highest BCUT2D eigenvalue weighted by Gasteiger charge is 2.09. The maximum atomic E-state index is 10.2. The number of carbonyl (C=O) groups excluding carboxylic acids is 2. The first-order chi connectivity index (χ1) is 6.31. The van der Waals surface area contributed by atoms with Gasteiger partial charge < -0.3 is 15.7 Å². The fraction of sp³-hybridized carbons (Fsp3) is 0.625. The molecule has 14 heavy (non-hydrogen) atoms.